The Morgan fingerprint density at radius 2 is 2.22 bits per heavy atom. The molecule has 0 spiro atoms. The zero-order valence-corrected chi connectivity index (χ0v) is 11.3. The number of ketones is 1. The SMILES string of the molecule is COc1ccc(C(=O)Cc2ccncn2)cc1Br. The van der Waals surface area contributed by atoms with Crippen molar-refractivity contribution in [1.29, 1.82) is 0 Å². The summed E-state index contributed by atoms with van der Waals surface area (Å²) >= 11 is 3.36. The highest BCUT2D eigenvalue weighted by Crippen LogP contribution is 2.25. The van der Waals surface area contributed by atoms with Crippen LogP contribution in [-0.4, -0.2) is 22.9 Å². The molecule has 18 heavy (non-hydrogen) atoms. The second-order valence-electron chi connectivity index (χ2n) is 3.65. The molecule has 2 aromatic rings. The van der Waals surface area contributed by atoms with Gasteiger partial charge < -0.3 is 4.74 Å². The summed E-state index contributed by atoms with van der Waals surface area (Å²) in [5.41, 5.74) is 1.34. The van der Waals surface area contributed by atoms with Crippen molar-refractivity contribution in [3.05, 3.63) is 52.5 Å². The van der Waals surface area contributed by atoms with Gasteiger partial charge in [0.1, 0.15) is 12.1 Å². The van der Waals surface area contributed by atoms with Gasteiger partial charge in [-0.1, -0.05) is 0 Å². The van der Waals surface area contributed by atoms with E-state index < -0.39 is 0 Å². The maximum atomic E-state index is 12.0. The molecule has 0 unspecified atom stereocenters. The topological polar surface area (TPSA) is 52.1 Å². The average molecular weight is 307 g/mol. The smallest absolute Gasteiger partial charge is 0.168 e. The minimum atomic E-state index is 0.0112. The van der Waals surface area contributed by atoms with Crippen molar-refractivity contribution in [1.82, 2.24) is 9.97 Å². The van der Waals surface area contributed by atoms with Crippen molar-refractivity contribution in [2.75, 3.05) is 7.11 Å². The molecule has 1 aromatic heterocycles. The molecule has 1 aromatic carbocycles. The largest absolute Gasteiger partial charge is 0.496 e. The average Bonchev–Trinajstić information content (AvgIpc) is 2.39. The predicted octanol–water partition coefficient (Wildman–Crippen LogP) is 2.67. The lowest BCUT2D eigenvalue weighted by Gasteiger charge is -2.05. The van der Waals surface area contributed by atoms with Crippen LogP contribution >= 0.6 is 15.9 Å². The number of aromatic nitrogens is 2. The zero-order valence-electron chi connectivity index (χ0n) is 9.76. The van der Waals surface area contributed by atoms with Gasteiger partial charge in [-0.15, -0.1) is 0 Å². The molecule has 92 valence electrons. The van der Waals surface area contributed by atoms with Crippen molar-refractivity contribution in [2.24, 2.45) is 0 Å². The van der Waals surface area contributed by atoms with Crippen molar-refractivity contribution in [2.45, 2.75) is 6.42 Å². The van der Waals surface area contributed by atoms with Crippen LogP contribution in [0.1, 0.15) is 16.1 Å². The first-order valence-electron chi connectivity index (χ1n) is 5.32. The third kappa shape index (κ3) is 2.92. The van der Waals surface area contributed by atoms with Crippen LogP contribution in [0.15, 0.2) is 41.3 Å². The van der Waals surface area contributed by atoms with Crippen LogP contribution in [0.25, 0.3) is 0 Å². The first kappa shape index (κ1) is 12.7. The summed E-state index contributed by atoms with van der Waals surface area (Å²) in [6.07, 6.45) is 3.33. The van der Waals surface area contributed by atoms with Crippen molar-refractivity contribution >= 4 is 21.7 Å². The molecular weight excluding hydrogens is 296 g/mol. The van der Waals surface area contributed by atoms with E-state index in [-0.39, 0.29) is 12.2 Å². The molecule has 2 rings (SSSR count). The monoisotopic (exact) mass is 306 g/mol. The Kier molecular flexibility index (Phi) is 4.04. The second kappa shape index (κ2) is 5.73. The Morgan fingerprint density at radius 3 is 2.83 bits per heavy atom. The van der Waals surface area contributed by atoms with E-state index in [0.717, 1.165) is 4.47 Å². The maximum Gasteiger partial charge on any atom is 0.168 e. The van der Waals surface area contributed by atoms with E-state index in [1.165, 1.54) is 6.33 Å². The molecule has 0 radical (unpaired) electrons. The number of carbonyl (C=O) groups is 1. The first-order valence-corrected chi connectivity index (χ1v) is 6.11. The number of rotatable bonds is 4. The summed E-state index contributed by atoms with van der Waals surface area (Å²) in [6.45, 7) is 0. The number of Topliss-reactive ketones (excluding diaryl/α,β-unsaturated/α-hetero) is 1. The number of nitrogens with zero attached hydrogens (tertiary/aromatic N) is 2. The molecule has 0 N–H and O–H groups in total. The number of ether oxygens (including phenoxy) is 1. The standard InChI is InChI=1S/C13H11BrN2O2/c1-18-13-3-2-9(6-11(13)14)12(17)7-10-4-5-15-8-16-10/h2-6,8H,7H2,1H3. The van der Waals surface area contributed by atoms with Gasteiger partial charge in [0.25, 0.3) is 0 Å². The van der Waals surface area contributed by atoms with Crippen molar-refractivity contribution in [3.8, 4) is 5.75 Å². The molecule has 1 heterocycles. The summed E-state index contributed by atoms with van der Waals surface area (Å²) in [4.78, 5) is 19.9. The molecule has 0 aliphatic rings. The highest BCUT2D eigenvalue weighted by molar-refractivity contribution is 9.10. The molecule has 0 saturated heterocycles. The van der Waals surface area contributed by atoms with Crippen LogP contribution in [0.2, 0.25) is 0 Å². The molecule has 5 heteroatoms. The molecular formula is C13H11BrN2O2. The van der Waals surface area contributed by atoms with Gasteiger partial charge in [0.15, 0.2) is 5.78 Å². The fraction of sp³-hybridized carbons (Fsp3) is 0.154. The van der Waals surface area contributed by atoms with E-state index in [4.69, 9.17) is 4.74 Å². The predicted molar refractivity (Wildman–Crippen MR) is 70.8 cm³/mol. The zero-order chi connectivity index (χ0) is 13.0. The normalized spacial score (nSPS) is 10.1. The highest BCUT2D eigenvalue weighted by Gasteiger charge is 2.10. The number of hydrogen-bond acceptors (Lipinski definition) is 4. The minimum Gasteiger partial charge on any atom is -0.496 e. The van der Waals surface area contributed by atoms with Crippen molar-refractivity contribution in [3.63, 3.8) is 0 Å². The van der Waals surface area contributed by atoms with Gasteiger partial charge in [-0.3, -0.25) is 4.79 Å². The van der Waals surface area contributed by atoms with E-state index in [1.807, 2.05) is 0 Å². The van der Waals surface area contributed by atoms with E-state index >= 15 is 0 Å². The maximum absolute atomic E-state index is 12.0. The summed E-state index contributed by atoms with van der Waals surface area (Å²) in [6, 6.07) is 6.99. The van der Waals surface area contributed by atoms with Gasteiger partial charge in [-0.2, -0.15) is 0 Å². The number of carbonyl (C=O) groups excluding carboxylic acids is 1. The number of benzene rings is 1. The number of methoxy groups -OCH3 is 1. The van der Waals surface area contributed by atoms with Gasteiger partial charge in [0.2, 0.25) is 0 Å². The van der Waals surface area contributed by atoms with Crippen molar-refractivity contribution < 1.29 is 9.53 Å². The molecule has 0 fully saturated rings. The summed E-state index contributed by atoms with van der Waals surface area (Å²) < 4.78 is 5.88. The molecule has 0 amide bonds. The molecule has 0 aliphatic carbocycles. The highest BCUT2D eigenvalue weighted by atomic mass is 79.9. The fourth-order valence-corrected chi connectivity index (χ4v) is 2.07. The third-order valence-electron chi connectivity index (χ3n) is 2.46. The Morgan fingerprint density at radius 1 is 1.39 bits per heavy atom. The van der Waals surface area contributed by atoms with E-state index in [9.17, 15) is 4.79 Å². The van der Waals surface area contributed by atoms with Crippen LogP contribution in [0.4, 0.5) is 0 Å². The fourth-order valence-electron chi connectivity index (χ4n) is 1.53. The summed E-state index contributed by atoms with van der Waals surface area (Å²) in [5.74, 6) is 0.714. The quantitative estimate of drug-likeness (QED) is 0.815. The Labute approximate surface area is 113 Å². The molecule has 0 saturated carbocycles. The van der Waals surface area contributed by atoms with E-state index in [1.54, 1.807) is 37.6 Å². The third-order valence-corrected chi connectivity index (χ3v) is 3.08. The molecule has 0 bridgehead atoms. The molecule has 0 aliphatic heterocycles. The minimum absolute atomic E-state index is 0.0112. The van der Waals surface area contributed by atoms with Crippen LogP contribution in [0, 0.1) is 0 Å². The van der Waals surface area contributed by atoms with Gasteiger partial charge in [0, 0.05) is 11.8 Å². The number of hydrogen-bond donors (Lipinski definition) is 0. The molecule has 4 nitrogen and oxygen atoms in total. The van der Waals surface area contributed by atoms with Crippen LogP contribution in [0.3, 0.4) is 0 Å². The van der Waals surface area contributed by atoms with Gasteiger partial charge in [-0.25, -0.2) is 9.97 Å². The van der Waals surface area contributed by atoms with Gasteiger partial charge in [0.05, 0.1) is 23.7 Å². The van der Waals surface area contributed by atoms with E-state index in [0.29, 0.717) is 17.0 Å². The lowest BCUT2D eigenvalue weighted by atomic mass is 10.1. The van der Waals surface area contributed by atoms with Gasteiger partial charge >= 0.3 is 0 Å². The lowest BCUT2D eigenvalue weighted by molar-refractivity contribution is 0.0992. The molecule has 0 atom stereocenters. The Bertz CT molecular complexity index is 558. The van der Waals surface area contributed by atoms with Crippen LogP contribution in [0.5, 0.6) is 5.75 Å². The van der Waals surface area contributed by atoms with Crippen LogP contribution in [-0.2, 0) is 6.42 Å². The summed E-state index contributed by atoms with van der Waals surface area (Å²) in [7, 11) is 1.59. The Hall–Kier alpha value is -1.75. The summed E-state index contributed by atoms with van der Waals surface area (Å²) in [5, 5.41) is 0. The first-order chi connectivity index (χ1) is 8.70. The lowest BCUT2D eigenvalue weighted by Crippen LogP contribution is -2.05. The van der Waals surface area contributed by atoms with Gasteiger partial charge in [-0.05, 0) is 40.2 Å². The number of halogens is 1. The second-order valence-corrected chi connectivity index (χ2v) is 4.50. The van der Waals surface area contributed by atoms with Crippen LogP contribution < -0.4 is 4.74 Å². The van der Waals surface area contributed by atoms with E-state index in [2.05, 4.69) is 25.9 Å². The Balaban J connectivity index is 2.17.